The maximum atomic E-state index is 14.7. The van der Waals surface area contributed by atoms with Crippen LogP contribution in [-0.4, -0.2) is 48.3 Å². The lowest BCUT2D eigenvalue weighted by Gasteiger charge is -2.27. The van der Waals surface area contributed by atoms with E-state index in [1.165, 1.54) is 12.1 Å². The molecule has 9 heteroatoms. The molecule has 1 aliphatic rings. The summed E-state index contributed by atoms with van der Waals surface area (Å²) < 4.78 is 47.6. The van der Waals surface area contributed by atoms with Gasteiger partial charge in [0.1, 0.15) is 5.82 Å². The first-order chi connectivity index (χ1) is 14.4. The number of aromatic amines is 1. The Kier molecular flexibility index (Phi) is 5.38. The molecule has 30 heavy (non-hydrogen) atoms. The largest absolute Gasteiger partial charge is 0.491 e. The maximum Gasteiger partial charge on any atom is 0.228 e. The molecule has 2 heterocycles. The summed E-state index contributed by atoms with van der Waals surface area (Å²) in [5.41, 5.74) is 0.350. The van der Waals surface area contributed by atoms with Gasteiger partial charge in [-0.05, 0) is 50.7 Å². The van der Waals surface area contributed by atoms with Crippen molar-refractivity contribution in [1.82, 2.24) is 15.1 Å². The molecule has 1 aliphatic heterocycles. The van der Waals surface area contributed by atoms with Gasteiger partial charge >= 0.3 is 0 Å². The molecule has 0 saturated carbocycles. The van der Waals surface area contributed by atoms with Crippen LogP contribution in [0.1, 0.15) is 12.8 Å². The number of carbonyl (C=O) groups excluding carboxylic acids is 1. The predicted octanol–water partition coefficient (Wildman–Crippen LogP) is 3.94. The number of carbonyl (C=O) groups is 1. The quantitative estimate of drug-likeness (QED) is 0.674. The molecule has 0 bridgehead atoms. The number of piperidine rings is 1. The lowest BCUT2D eigenvalue weighted by Crippen LogP contribution is -2.36. The number of amides is 1. The van der Waals surface area contributed by atoms with Crippen LogP contribution < -0.4 is 10.1 Å². The Morgan fingerprint density at radius 3 is 2.63 bits per heavy atom. The second kappa shape index (κ2) is 7.98. The van der Waals surface area contributed by atoms with Crippen molar-refractivity contribution >= 4 is 22.6 Å². The number of likely N-dealkylation sites (tertiary alicyclic amines) is 1. The van der Waals surface area contributed by atoms with Crippen LogP contribution >= 0.6 is 0 Å². The maximum absolute atomic E-state index is 14.7. The van der Waals surface area contributed by atoms with Crippen molar-refractivity contribution in [1.29, 1.82) is 0 Å². The van der Waals surface area contributed by atoms with Gasteiger partial charge in [-0.3, -0.25) is 9.89 Å². The zero-order valence-corrected chi connectivity index (χ0v) is 16.6. The van der Waals surface area contributed by atoms with E-state index in [-0.39, 0.29) is 23.2 Å². The fraction of sp³-hybridized carbons (Fsp3) is 0.333. The lowest BCUT2D eigenvalue weighted by molar-refractivity contribution is -0.121. The van der Waals surface area contributed by atoms with Crippen LogP contribution in [0.15, 0.2) is 24.3 Å². The smallest absolute Gasteiger partial charge is 0.228 e. The average Bonchev–Trinajstić information content (AvgIpc) is 3.10. The second-order valence-corrected chi connectivity index (χ2v) is 7.46. The van der Waals surface area contributed by atoms with Crippen LogP contribution in [0, 0.1) is 23.4 Å². The highest BCUT2D eigenvalue weighted by molar-refractivity contribution is 6.01. The molecule has 2 N–H and O–H groups in total. The van der Waals surface area contributed by atoms with Crippen molar-refractivity contribution in [2.24, 2.45) is 5.92 Å². The Morgan fingerprint density at radius 2 is 1.93 bits per heavy atom. The molecule has 1 fully saturated rings. The molecular formula is C21H21F3N4O2. The van der Waals surface area contributed by atoms with Gasteiger partial charge in [0.15, 0.2) is 23.2 Å². The molecule has 6 nitrogen and oxygen atoms in total. The molecule has 158 valence electrons. The predicted molar refractivity (Wildman–Crippen MR) is 107 cm³/mol. The monoisotopic (exact) mass is 418 g/mol. The first-order valence-corrected chi connectivity index (χ1v) is 9.58. The molecule has 3 aromatic rings. The van der Waals surface area contributed by atoms with Crippen molar-refractivity contribution in [2.45, 2.75) is 12.8 Å². The summed E-state index contributed by atoms with van der Waals surface area (Å²) in [5.74, 6) is -3.93. The third kappa shape index (κ3) is 3.60. The number of rotatable bonds is 4. The van der Waals surface area contributed by atoms with E-state index in [1.807, 2.05) is 7.05 Å². The Hall–Kier alpha value is -3.07. The van der Waals surface area contributed by atoms with E-state index in [0.29, 0.717) is 17.0 Å². The van der Waals surface area contributed by atoms with Gasteiger partial charge in [-0.15, -0.1) is 0 Å². The van der Waals surface area contributed by atoms with E-state index in [1.54, 1.807) is 6.07 Å². The molecule has 0 unspecified atom stereocenters. The number of fused-ring (bicyclic) bond motifs is 1. The van der Waals surface area contributed by atoms with E-state index < -0.39 is 28.8 Å². The van der Waals surface area contributed by atoms with Crippen molar-refractivity contribution in [3.05, 3.63) is 41.7 Å². The van der Waals surface area contributed by atoms with Crippen molar-refractivity contribution in [3.63, 3.8) is 0 Å². The molecule has 4 rings (SSSR count). The summed E-state index contributed by atoms with van der Waals surface area (Å²) in [6, 6.07) is 5.17. The Bertz CT molecular complexity index is 1110. The van der Waals surface area contributed by atoms with Gasteiger partial charge in [0.05, 0.1) is 18.2 Å². The zero-order valence-electron chi connectivity index (χ0n) is 16.6. The van der Waals surface area contributed by atoms with Crippen LogP contribution in [0.5, 0.6) is 5.75 Å². The highest BCUT2D eigenvalue weighted by Gasteiger charge is 2.25. The summed E-state index contributed by atoms with van der Waals surface area (Å²) in [4.78, 5) is 14.8. The van der Waals surface area contributed by atoms with Gasteiger partial charge in [-0.25, -0.2) is 13.2 Å². The Morgan fingerprint density at radius 1 is 1.20 bits per heavy atom. The van der Waals surface area contributed by atoms with Crippen LogP contribution in [0.4, 0.5) is 19.0 Å². The summed E-state index contributed by atoms with van der Waals surface area (Å²) >= 11 is 0. The summed E-state index contributed by atoms with van der Waals surface area (Å²) in [7, 11) is 3.12. The van der Waals surface area contributed by atoms with E-state index in [9.17, 15) is 18.0 Å². The molecule has 1 amide bonds. The third-order valence-corrected chi connectivity index (χ3v) is 5.51. The minimum absolute atomic E-state index is 0.118. The van der Waals surface area contributed by atoms with Crippen molar-refractivity contribution in [2.75, 3.05) is 32.6 Å². The number of anilines is 1. The SMILES string of the molecule is COc1c(F)cc(F)c(-c2ccc3[nH]nc(NC(=O)C4CCN(C)CC4)c3c2)c1F. The molecular weight excluding hydrogens is 397 g/mol. The van der Waals surface area contributed by atoms with Gasteiger partial charge in [0.25, 0.3) is 0 Å². The first kappa shape index (κ1) is 20.2. The van der Waals surface area contributed by atoms with Crippen molar-refractivity contribution in [3.8, 4) is 16.9 Å². The van der Waals surface area contributed by atoms with Crippen LogP contribution in [-0.2, 0) is 4.79 Å². The summed E-state index contributed by atoms with van der Waals surface area (Å²) in [6.07, 6.45) is 1.50. The number of nitrogens with zero attached hydrogens (tertiary/aromatic N) is 2. The van der Waals surface area contributed by atoms with Gasteiger partial charge in [-0.1, -0.05) is 6.07 Å². The number of aromatic nitrogens is 2. The number of H-pyrrole nitrogens is 1. The third-order valence-electron chi connectivity index (χ3n) is 5.51. The van der Waals surface area contributed by atoms with Gasteiger partial charge in [0.2, 0.25) is 5.91 Å². The zero-order chi connectivity index (χ0) is 21.4. The second-order valence-electron chi connectivity index (χ2n) is 7.46. The Balaban J connectivity index is 1.68. The molecule has 0 spiro atoms. The van der Waals surface area contributed by atoms with Gasteiger partial charge in [-0.2, -0.15) is 5.10 Å². The van der Waals surface area contributed by atoms with Crippen molar-refractivity contribution < 1.29 is 22.7 Å². The lowest BCUT2D eigenvalue weighted by atomic mass is 9.96. The van der Waals surface area contributed by atoms with Gasteiger partial charge < -0.3 is 15.0 Å². The number of methoxy groups -OCH3 is 1. The first-order valence-electron chi connectivity index (χ1n) is 9.58. The van der Waals surface area contributed by atoms with Gasteiger partial charge in [0, 0.05) is 17.4 Å². The van der Waals surface area contributed by atoms with Crippen LogP contribution in [0.2, 0.25) is 0 Å². The highest BCUT2D eigenvalue weighted by Crippen LogP contribution is 2.36. The van der Waals surface area contributed by atoms with Crippen LogP contribution in [0.3, 0.4) is 0 Å². The number of benzene rings is 2. The summed E-state index contributed by atoms with van der Waals surface area (Å²) in [6.45, 7) is 1.68. The molecule has 0 radical (unpaired) electrons. The number of ether oxygens (including phenoxy) is 1. The molecule has 1 saturated heterocycles. The number of nitrogens with one attached hydrogen (secondary N) is 2. The van der Waals surface area contributed by atoms with E-state index in [0.717, 1.165) is 33.0 Å². The summed E-state index contributed by atoms with van der Waals surface area (Å²) in [5, 5.41) is 10.2. The fourth-order valence-corrected chi connectivity index (χ4v) is 3.78. The average molecular weight is 418 g/mol. The van der Waals surface area contributed by atoms with E-state index >= 15 is 0 Å². The minimum atomic E-state index is -1.13. The highest BCUT2D eigenvalue weighted by atomic mass is 19.1. The molecule has 0 atom stereocenters. The molecule has 2 aromatic carbocycles. The molecule has 0 aliphatic carbocycles. The number of hydrogen-bond acceptors (Lipinski definition) is 4. The molecule has 1 aromatic heterocycles. The topological polar surface area (TPSA) is 70.2 Å². The number of hydrogen-bond donors (Lipinski definition) is 2. The van der Waals surface area contributed by atoms with Crippen LogP contribution in [0.25, 0.3) is 22.0 Å². The van der Waals surface area contributed by atoms with E-state index in [4.69, 9.17) is 4.74 Å². The normalized spacial score (nSPS) is 15.5. The Labute approximate surface area is 171 Å². The minimum Gasteiger partial charge on any atom is -0.491 e. The standard InChI is InChI=1S/C21H21F3N4O2/c1-28-7-5-11(6-8-28)21(29)25-20-13-9-12(3-4-16(13)26-27-20)17-14(22)10-15(23)19(30-2)18(17)24/h3-4,9-11H,5-8H2,1-2H3,(H2,25,26,27,29). The number of halogens is 3. The van der Waals surface area contributed by atoms with E-state index in [2.05, 4.69) is 20.4 Å². The fourth-order valence-electron chi connectivity index (χ4n) is 3.78.